The molecule has 0 aliphatic heterocycles. The molecule has 0 atom stereocenters. The molecule has 1 aliphatic rings. The van der Waals surface area contributed by atoms with E-state index in [1.807, 2.05) is 0 Å². The highest BCUT2D eigenvalue weighted by molar-refractivity contribution is 6.30. The van der Waals surface area contributed by atoms with E-state index < -0.39 is 0 Å². The van der Waals surface area contributed by atoms with Crippen molar-refractivity contribution >= 4 is 23.3 Å². The molecule has 0 unspecified atom stereocenters. The van der Waals surface area contributed by atoms with Crippen LogP contribution in [0, 0.1) is 0 Å². The lowest BCUT2D eigenvalue weighted by Gasteiger charge is -2.08. The van der Waals surface area contributed by atoms with Gasteiger partial charge in [-0.2, -0.15) is 5.10 Å². The number of hydrogen-bond acceptors (Lipinski definition) is 4. The van der Waals surface area contributed by atoms with Gasteiger partial charge in [-0.05, 0) is 49.1 Å². The number of hydrogen-bond donors (Lipinski definition) is 1. The lowest BCUT2D eigenvalue weighted by atomic mass is 10.1. The summed E-state index contributed by atoms with van der Waals surface area (Å²) in [5.41, 5.74) is 2.41. The molecule has 0 saturated carbocycles. The highest BCUT2D eigenvalue weighted by Gasteiger charge is 2.14. The van der Waals surface area contributed by atoms with Gasteiger partial charge >= 0.3 is 0 Å². The largest absolute Gasteiger partial charge is 0.354 e. The fraction of sp³-hybridized carbons (Fsp3) is 0.368. The van der Waals surface area contributed by atoms with Gasteiger partial charge in [0.15, 0.2) is 5.78 Å². The van der Waals surface area contributed by atoms with Crippen LogP contribution in [0.3, 0.4) is 0 Å². The molecule has 1 heterocycles. The van der Waals surface area contributed by atoms with Gasteiger partial charge in [0.25, 0.3) is 5.56 Å². The number of carbonyl (C=O) groups excluding carboxylic acids is 2. The van der Waals surface area contributed by atoms with Crippen LogP contribution in [0.25, 0.3) is 0 Å². The molecule has 7 heteroatoms. The van der Waals surface area contributed by atoms with E-state index >= 15 is 0 Å². The summed E-state index contributed by atoms with van der Waals surface area (Å²) in [5, 5.41) is 7.65. The van der Waals surface area contributed by atoms with Crippen molar-refractivity contribution in [3.63, 3.8) is 0 Å². The molecule has 0 bridgehead atoms. The smallest absolute Gasteiger partial charge is 0.267 e. The molecule has 0 fully saturated rings. The molecule has 1 N–H and O–H groups in total. The SMILES string of the molecule is O=C(CCC(=O)c1ccc(Cl)cc1)NCCn1nc2c(cc1=O)CCC2. The summed E-state index contributed by atoms with van der Waals surface area (Å²) in [5.74, 6) is -0.324. The zero-order valence-corrected chi connectivity index (χ0v) is 15.1. The first kappa shape index (κ1) is 18.3. The summed E-state index contributed by atoms with van der Waals surface area (Å²) in [4.78, 5) is 35.9. The molecular formula is C19H20ClN3O3. The molecule has 0 spiro atoms. The predicted octanol–water partition coefficient (Wildman–Crippen LogP) is 2.16. The Hall–Kier alpha value is -2.47. The Morgan fingerprint density at radius 1 is 1.15 bits per heavy atom. The number of aryl methyl sites for hydroxylation is 2. The fourth-order valence-corrected chi connectivity index (χ4v) is 3.12. The molecule has 1 aromatic heterocycles. The van der Waals surface area contributed by atoms with Crippen LogP contribution in [-0.4, -0.2) is 28.0 Å². The van der Waals surface area contributed by atoms with Crippen molar-refractivity contribution < 1.29 is 9.59 Å². The lowest BCUT2D eigenvalue weighted by Crippen LogP contribution is -2.32. The van der Waals surface area contributed by atoms with Crippen molar-refractivity contribution in [1.82, 2.24) is 15.1 Å². The molecule has 26 heavy (non-hydrogen) atoms. The number of carbonyl (C=O) groups is 2. The summed E-state index contributed by atoms with van der Waals surface area (Å²) >= 11 is 5.79. The predicted molar refractivity (Wildman–Crippen MR) is 98.5 cm³/mol. The van der Waals surface area contributed by atoms with Gasteiger partial charge in [-0.25, -0.2) is 4.68 Å². The Morgan fingerprint density at radius 3 is 2.69 bits per heavy atom. The van der Waals surface area contributed by atoms with Gasteiger partial charge in [0.1, 0.15) is 0 Å². The van der Waals surface area contributed by atoms with Crippen LogP contribution >= 0.6 is 11.6 Å². The minimum absolute atomic E-state index is 0.103. The van der Waals surface area contributed by atoms with Crippen LogP contribution in [-0.2, 0) is 24.2 Å². The van der Waals surface area contributed by atoms with Crippen LogP contribution in [0.5, 0.6) is 0 Å². The second-order valence-corrected chi connectivity index (χ2v) is 6.75. The van der Waals surface area contributed by atoms with Crippen molar-refractivity contribution in [3.05, 3.63) is 62.5 Å². The zero-order valence-electron chi connectivity index (χ0n) is 14.3. The summed E-state index contributed by atoms with van der Waals surface area (Å²) < 4.78 is 1.39. The number of fused-ring (bicyclic) bond motifs is 1. The Labute approximate surface area is 156 Å². The monoisotopic (exact) mass is 373 g/mol. The maximum atomic E-state index is 12.0. The fourth-order valence-electron chi connectivity index (χ4n) is 3.00. The quantitative estimate of drug-likeness (QED) is 0.754. The average molecular weight is 374 g/mol. The minimum atomic E-state index is -0.221. The summed E-state index contributed by atoms with van der Waals surface area (Å²) in [6.07, 6.45) is 3.08. The Balaban J connectivity index is 1.44. The molecule has 0 saturated heterocycles. The molecule has 3 rings (SSSR count). The Kier molecular flexibility index (Phi) is 5.83. The van der Waals surface area contributed by atoms with Crippen molar-refractivity contribution in [2.75, 3.05) is 6.54 Å². The van der Waals surface area contributed by atoms with Gasteiger partial charge in [-0.3, -0.25) is 14.4 Å². The lowest BCUT2D eigenvalue weighted by molar-refractivity contribution is -0.121. The number of ketones is 1. The molecule has 0 radical (unpaired) electrons. The molecule has 1 amide bonds. The number of amides is 1. The van der Waals surface area contributed by atoms with E-state index in [1.165, 1.54) is 4.68 Å². The topological polar surface area (TPSA) is 81.1 Å². The summed E-state index contributed by atoms with van der Waals surface area (Å²) in [6, 6.07) is 8.23. The van der Waals surface area contributed by atoms with Crippen LogP contribution in [0.1, 0.15) is 40.9 Å². The van der Waals surface area contributed by atoms with Gasteiger partial charge in [-0.15, -0.1) is 0 Å². The first-order chi connectivity index (χ1) is 12.5. The number of halogens is 1. The number of nitrogens with zero attached hydrogens (tertiary/aromatic N) is 2. The Morgan fingerprint density at radius 2 is 1.92 bits per heavy atom. The van der Waals surface area contributed by atoms with E-state index in [0.29, 0.717) is 23.7 Å². The molecule has 136 valence electrons. The number of Topliss-reactive ketones (excluding diaryl/α,β-unsaturated/α-hetero) is 1. The first-order valence-electron chi connectivity index (χ1n) is 8.68. The molecular weight excluding hydrogens is 354 g/mol. The summed E-state index contributed by atoms with van der Waals surface area (Å²) in [6.45, 7) is 0.628. The van der Waals surface area contributed by atoms with E-state index in [9.17, 15) is 14.4 Å². The normalized spacial score (nSPS) is 12.7. The maximum Gasteiger partial charge on any atom is 0.267 e. The van der Waals surface area contributed by atoms with E-state index in [2.05, 4.69) is 10.4 Å². The van der Waals surface area contributed by atoms with Crippen molar-refractivity contribution in [2.24, 2.45) is 0 Å². The standard InChI is InChI=1S/C19H20ClN3O3/c20-15-6-4-13(5-7-15)17(24)8-9-18(25)21-10-11-23-19(26)12-14-2-1-3-16(14)22-23/h4-7,12H,1-3,8-11H2,(H,21,25). The van der Waals surface area contributed by atoms with E-state index in [0.717, 1.165) is 30.5 Å². The van der Waals surface area contributed by atoms with Crippen LogP contribution < -0.4 is 10.9 Å². The molecule has 1 aliphatic carbocycles. The molecule has 2 aromatic rings. The number of aromatic nitrogens is 2. The number of nitrogens with one attached hydrogen (secondary N) is 1. The van der Waals surface area contributed by atoms with E-state index in [-0.39, 0.29) is 30.1 Å². The highest BCUT2D eigenvalue weighted by atomic mass is 35.5. The zero-order chi connectivity index (χ0) is 18.5. The van der Waals surface area contributed by atoms with Crippen molar-refractivity contribution in [3.8, 4) is 0 Å². The van der Waals surface area contributed by atoms with Gasteiger partial charge < -0.3 is 5.32 Å². The Bertz CT molecular complexity index is 875. The molecule has 6 nitrogen and oxygen atoms in total. The minimum Gasteiger partial charge on any atom is -0.354 e. The summed E-state index contributed by atoms with van der Waals surface area (Å²) in [7, 11) is 0. The highest BCUT2D eigenvalue weighted by Crippen LogP contribution is 2.16. The van der Waals surface area contributed by atoms with Gasteiger partial charge in [0, 0.05) is 36.0 Å². The van der Waals surface area contributed by atoms with E-state index in [4.69, 9.17) is 11.6 Å². The molecule has 1 aromatic carbocycles. The first-order valence-corrected chi connectivity index (χ1v) is 9.06. The second-order valence-electron chi connectivity index (χ2n) is 6.31. The third kappa shape index (κ3) is 4.58. The number of rotatable bonds is 7. The third-order valence-corrected chi connectivity index (χ3v) is 4.67. The number of benzene rings is 1. The van der Waals surface area contributed by atoms with Gasteiger partial charge in [-0.1, -0.05) is 11.6 Å². The van der Waals surface area contributed by atoms with Crippen LogP contribution in [0.2, 0.25) is 5.02 Å². The second kappa shape index (κ2) is 8.27. The van der Waals surface area contributed by atoms with Gasteiger partial charge in [0.2, 0.25) is 5.91 Å². The average Bonchev–Trinajstić information content (AvgIpc) is 3.07. The van der Waals surface area contributed by atoms with Crippen LogP contribution in [0.4, 0.5) is 0 Å². The van der Waals surface area contributed by atoms with Crippen molar-refractivity contribution in [1.29, 1.82) is 0 Å². The van der Waals surface area contributed by atoms with E-state index in [1.54, 1.807) is 30.3 Å². The third-order valence-electron chi connectivity index (χ3n) is 4.41. The van der Waals surface area contributed by atoms with Crippen molar-refractivity contribution in [2.45, 2.75) is 38.6 Å². The maximum absolute atomic E-state index is 12.0. The van der Waals surface area contributed by atoms with Gasteiger partial charge in [0.05, 0.1) is 12.2 Å². The van der Waals surface area contributed by atoms with Crippen LogP contribution in [0.15, 0.2) is 35.1 Å².